The third-order valence-corrected chi connectivity index (χ3v) is 4.32. The Morgan fingerprint density at radius 1 is 1.25 bits per heavy atom. The van der Waals surface area contributed by atoms with Crippen LogP contribution in [0.15, 0.2) is 36.0 Å². The van der Waals surface area contributed by atoms with E-state index >= 15 is 0 Å². The number of anilines is 1. The van der Waals surface area contributed by atoms with Crippen molar-refractivity contribution in [1.82, 2.24) is 0 Å². The first-order valence-electron chi connectivity index (χ1n) is 5.69. The molecule has 0 saturated carbocycles. The third kappa shape index (κ3) is 4.53. The molecule has 0 aliphatic heterocycles. The summed E-state index contributed by atoms with van der Waals surface area (Å²) < 4.78 is 5.78. The van der Waals surface area contributed by atoms with Crippen molar-refractivity contribution < 1.29 is 4.74 Å². The second kappa shape index (κ2) is 5.75. The van der Waals surface area contributed by atoms with E-state index in [0.717, 1.165) is 24.1 Å². The molecule has 0 unspecified atom stereocenters. The van der Waals surface area contributed by atoms with Gasteiger partial charge in [-0.3, -0.25) is 0 Å². The molecule has 0 spiro atoms. The Bertz CT molecular complexity index is 343. The highest BCUT2D eigenvalue weighted by molar-refractivity contribution is 6.82. The van der Waals surface area contributed by atoms with E-state index in [1.54, 1.807) is 0 Å². The molecule has 0 bridgehead atoms. The number of ether oxygens (including phenoxy) is 1. The first kappa shape index (κ1) is 12.8. The van der Waals surface area contributed by atoms with Crippen molar-refractivity contribution >= 4 is 13.8 Å². The molecule has 0 atom stereocenters. The zero-order chi connectivity index (χ0) is 12.0. The average Bonchev–Trinajstić information content (AvgIpc) is 2.26. The van der Waals surface area contributed by atoms with Crippen molar-refractivity contribution in [1.29, 1.82) is 0 Å². The highest BCUT2D eigenvalue weighted by atomic mass is 28.3. The topological polar surface area (TPSA) is 35.2 Å². The van der Waals surface area contributed by atoms with E-state index < -0.39 is 8.07 Å². The smallest absolute Gasteiger partial charge is 0.118 e. The summed E-state index contributed by atoms with van der Waals surface area (Å²) in [6, 6.07) is 7.57. The molecule has 1 aromatic carbocycles. The van der Waals surface area contributed by atoms with Crippen molar-refractivity contribution in [3.05, 3.63) is 36.0 Å². The Kier molecular flexibility index (Phi) is 4.62. The number of rotatable bonds is 5. The number of nitrogen functional groups attached to an aromatic ring is 1. The van der Waals surface area contributed by atoms with Crippen molar-refractivity contribution in [3.8, 4) is 5.75 Å². The van der Waals surface area contributed by atoms with Gasteiger partial charge in [0.1, 0.15) is 13.8 Å². The molecule has 1 rings (SSSR count). The number of nitrogens with two attached hydrogens (primary N) is 1. The summed E-state index contributed by atoms with van der Waals surface area (Å²) >= 11 is 0. The first-order chi connectivity index (χ1) is 7.53. The molecule has 1 aromatic rings. The predicted octanol–water partition coefficient (Wildman–Crippen LogP) is 3.40. The summed E-state index contributed by atoms with van der Waals surface area (Å²) in [5, 5.41) is 0. The zero-order valence-electron chi connectivity index (χ0n) is 10.4. The Labute approximate surface area is 99.1 Å². The second-order valence-corrected chi connectivity index (χ2v) is 9.26. The first-order valence-corrected chi connectivity index (χ1v) is 8.98. The minimum Gasteiger partial charge on any atom is -0.497 e. The Hall–Kier alpha value is -1.22. The van der Waals surface area contributed by atoms with Gasteiger partial charge in [0.2, 0.25) is 0 Å². The molecule has 2 nitrogen and oxygen atoms in total. The number of allylic oxidation sites excluding steroid dienone is 1. The van der Waals surface area contributed by atoms with E-state index in [9.17, 15) is 0 Å². The van der Waals surface area contributed by atoms with E-state index in [2.05, 4.69) is 31.8 Å². The fourth-order valence-corrected chi connectivity index (χ4v) is 2.83. The number of hydrogen-bond acceptors (Lipinski definition) is 2. The van der Waals surface area contributed by atoms with Crippen LogP contribution >= 0.6 is 0 Å². The van der Waals surface area contributed by atoms with Gasteiger partial charge in [0, 0.05) is 5.69 Å². The maximum absolute atomic E-state index is 5.78. The zero-order valence-corrected chi connectivity index (χ0v) is 11.4. The van der Waals surface area contributed by atoms with Gasteiger partial charge in [-0.2, -0.15) is 0 Å². The van der Waals surface area contributed by atoms with Crippen molar-refractivity contribution in [2.45, 2.75) is 26.4 Å². The van der Waals surface area contributed by atoms with Crippen LogP contribution in [0.25, 0.3) is 0 Å². The van der Waals surface area contributed by atoms with Crippen LogP contribution in [-0.4, -0.2) is 14.3 Å². The minimum atomic E-state index is -1.35. The van der Waals surface area contributed by atoms with Crippen LogP contribution in [0.4, 0.5) is 5.69 Å². The lowest BCUT2D eigenvalue weighted by atomic mass is 10.3. The van der Waals surface area contributed by atoms with Crippen molar-refractivity contribution in [2.24, 2.45) is 0 Å². The number of benzene rings is 1. The molecule has 88 valence electrons. The molecule has 0 saturated heterocycles. The summed E-state index contributed by atoms with van der Waals surface area (Å²) in [5.41, 5.74) is 8.73. The molecule has 3 heteroatoms. The van der Waals surface area contributed by atoms with Crippen molar-refractivity contribution in [3.63, 3.8) is 0 Å². The summed E-state index contributed by atoms with van der Waals surface area (Å²) in [7, 11) is -1.35. The summed E-state index contributed by atoms with van der Waals surface area (Å²) in [5.74, 6) is 0.902. The van der Waals surface area contributed by atoms with Crippen LogP contribution in [0.1, 0.15) is 13.3 Å². The average molecular weight is 235 g/mol. The standard InChI is InChI=1S/C13H21NOSi/c1-4-5-10-16(2,3)11-15-13-8-6-12(14)7-9-13/h5-10H,4,11,14H2,1-3H3/b10-5+. The largest absolute Gasteiger partial charge is 0.497 e. The molecular formula is C13H21NOSi. The third-order valence-electron chi connectivity index (χ3n) is 2.30. The van der Waals surface area contributed by atoms with Crippen molar-refractivity contribution in [2.75, 3.05) is 12.0 Å². The number of hydrogen-bond donors (Lipinski definition) is 1. The molecular weight excluding hydrogens is 214 g/mol. The van der Waals surface area contributed by atoms with Gasteiger partial charge >= 0.3 is 0 Å². The van der Waals surface area contributed by atoms with E-state index in [0.29, 0.717) is 0 Å². The maximum atomic E-state index is 5.78. The molecule has 16 heavy (non-hydrogen) atoms. The monoisotopic (exact) mass is 235 g/mol. The van der Waals surface area contributed by atoms with Crippen LogP contribution in [0.5, 0.6) is 5.75 Å². The van der Waals surface area contributed by atoms with Crippen LogP contribution < -0.4 is 10.5 Å². The van der Waals surface area contributed by atoms with E-state index in [-0.39, 0.29) is 0 Å². The molecule has 0 radical (unpaired) electrons. The molecule has 2 N–H and O–H groups in total. The molecule has 0 fully saturated rings. The SMILES string of the molecule is CC/C=C/[Si](C)(C)COc1ccc(N)cc1. The summed E-state index contributed by atoms with van der Waals surface area (Å²) in [6.45, 7) is 6.76. The normalized spacial score (nSPS) is 11.9. The molecule has 0 aliphatic carbocycles. The van der Waals surface area contributed by atoms with Crippen LogP contribution in [0.3, 0.4) is 0 Å². The van der Waals surface area contributed by atoms with Crippen LogP contribution in [0.2, 0.25) is 13.1 Å². The fourth-order valence-electron chi connectivity index (χ4n) is 1.32. The fraction of sp³-hybridized carbons (Fsp3) is 0.385. The van der Waals surface area contributed by atoms with Crippen LogP contribution in [0, 0.1) is 0 Å². The van der Waals surface area contributed by atoms with Gasteiger partial charge in [-0.15, -0.1) is 0 Å². The summed E-state index contributed by atoms with van der Waals surface area (Å²) in [4.78, 5) is 0. The quantitative estimate of drug-likeness (QED) is 0.627. The minimum absolute atomic E-state index is 0.773. The summed E-state index contributed by atoms with van der Waals surface area (Å²) in [6.07, 6.45) is 4.14. The second-order valence-electron chi connectivity index (χ2n) is 4.66. The Morgan fingerprint density at radius 3 is 2.44 bits per heavy atom. The van der Waals surface area contributed by atoms with E-state index in [4.69, 9.17) is 10.5 Å². The van der Waals surface area contributed by atoms with Gasteiger partial charge in [0.15, 0.2) is 0 Å². The predicted molar refractivity (Wildman–Crippen MR) is 73.3 cm³/mol. The molecule has 0 aliphatic rings. The molecule has 0 aromatic heterocycles. The van der Waals surface area contributed by atoms with Crippen LogP contribution in [-0.2, 0) is 0 Å². The van der Waals surface area contributed by atoms with Gasteiger partial charge in [0.05, 0.1) is 6.23 Å². The highest BCUT2D eigenvalue weighted by Crippen LogP contribution is 2.15. The highest BCUT2D eigenvalue weighted by Gasteiger charge is 2.17. The van der Waals surface area contributed by atoms with E-state index in [1.807, 2.05) is 24.3 Å². The van der Waals surface area contributed by atoms with Gasteiger partial charge < -0.3 is 10.5 Å². The Balaban J connectivity index is 2.50. The lowest BCUT2D eigenvalue weighted by Gasteiger charge is -2.18. The Morgan fingerprint density at radius 2 is 1.88 bits per heavy atom. The van der Waals surface area contributed by atoms with Gasteiger partial charge in [-0.25, -0.2) is 0 Å². The molecule has 0 heterocycles. The maximum Gasteiger partial charge on any atom is 0.118 e. The van der Waals surface area contributed by atoms with Gasteiger partial charge in [0.25, 0.3) is 0 Å². The lowest BCUT2D eigenvalue weighted by Crippen LogP contribution is -2.32. The molecule has 0 amide bonds. The van der Waals surface area contributed by atoms with Gasteiger partial charge in [-0.1, -0.05) is 31.8 Å². The van der Waals surface area contributed by atoms with E-state index in [1.165, 1.54) is 0 Å². The lowest BCUT2D eigenvalue weighted by molar-refractivity contribution is 0.379. The van der Waals surface area contributed by atoms with Gasteiger partial charge in [-0.05, 0) is 30.7 Å².